The molecule has 0 saturated carbocycles. The van der Waals surface area contributed by atoms with Gasteiger partial charge in [0.25, 0.3) is 5.91 Å². The molecule has 0 spiro atoms. The number of nitrogens with one attached hydrogen (secondary N) is 1. The van der Waals surface area contributed by atoms with Crippen LogP contribution in [0, 0.1) is 6.92 Å². The zero-order valence-electron chi connectivity index (χ0n) is 11.9. The lowest BCUT2D eigenvalue weighted by atomic mass is 10.2. The molecule has 7 heteroatoms. The number of nitrogens with zero attached hydrogens (tertiary/aromatic N) is 3. The number of aryl methyl sites for hydroxylation is 2. The predicted octanol–water partition coefficient (Wildman–Crippen LogP) is 3.94. The molecule has 22 heavy (non-hydrogen) atoms. The van der Waals surface area contributed by atoms with E-state index >= 15 is 0 Å². The van der Waals surface area contributed by atoms with Crippen LogP contribution in [0.15, 0.2) is 34.9 Å². The van der Waals surface area contributed by atoms with E-state index in [1.807, 2.05) is 20.0 Å². The lowest BCUT2D eigenvalue weighted by molar-refractivity contribution is 0.102. The Morgan fingerprint density at radius 2 is 2.14 bits per heavy atom. The maximum Gasteiger partial charge on any atom is 0.256 e. The number of amides is 1. The van der Waals surface area contributed by atoms with Crippen molar-refractivity contribution in [3.8, 4) is 0 Å². The summed E-state index contributed by atoms with van der Waals surface area (Å²) < 4.78 is 2.39. The number of carbonyl (C=O) groups is 1. The van der Waals surface area contributed by atoms with E-state index < -0.39 is 0 Å². The first-order chi connectivity index (χ1) is 10.5. The average Bonchev–Trinajstić information content (AvgIpc) is 2.76. The molecule has 0 atom stereocenters. The minimum atomic E-state index is -0.253. The van der Waals surface area contributed by atoms with Gasteiger partial charge in [0.2, 0.25) is 0 Å². The van der Waals surface area contributed by atoms with Crippen molar-refractivity contribution in [3.05, 3.63) is 51.2 Å². The number of anilines is 1. The van der Waals surface area contributed by atoms with Crippen LogP contribution in [0.2, 0.25) is 5.02 Å². The second-order valence-corrected chi connectivity index (χ2v) is 6.17. The van der Waals surface area contributed by atoms with Gasteiger partial charge in [-0.05, 0) is 47.1 Å². The van der Waals surface area contributed by atoms with E-state index in [0.717, 1.165) is 16.7 Å². The number of rotatable bonds is 2. The van der Waals surface area contributed by atoms with Crippen molar-refractivity contribution >= 4 is 50.2 Å². The largest absolute Gasteiger partial charge is 0.321 e. The van der Waals surface area contributed by atoms with Gasteiger partial charge in [-0.2, -0.15) is 5.10 Å². The van der Waals surface area contributed by atoms with Crippen molar-refractivity contribution in [1.29, 1.82) is 0 Å². The van der Waals surface area contributed by atoms with Crippen molar-refractivity contribution in [2.24, 2.45) is 7.05 Å². The molecule has 2 aromatic heterocycles. The van der Waals surface area contributed by atoms with Gasteiger partial charge < -0.3 is 5.32 Å². The molecule has 112 valence electrons. The highest BCUT2D eigenvalue weighted by atomic mass is 79.9. The van der Waals surface area contributed by atoms with Crippen LogP contribution in [0.3, 0.4) is 0 Å². The summed E-state index contributed by atoms with van der Waals surface area (Å²) in [4.78, 5) is 16.7. The fraction of sp³-hybridized carbons (Fsp3) is 0.133. The first kappa shape index (κ1) is 15.0. The number of carbonyl (C=O) groups excluding carboxylic acids is 1. The van der Waals surface area contributed by atoms with Crippen LogP contribution in [0.25, 0.3) is 11.0 Å². The minimum Gasteiger partial charge on any atom is -0.321 e. The molecular weight excluding hydrogens is 368 g/mol. The van der Waals surface area contributed by atoms with Crippen LogP contribution < -0.4 is 5.32 Å². The summed E-state index contributed by atoms with van der Waals surface area (Å²) >= 11 is 9.29. The van der Waals surface area contributed by atoms with Crippen molar-refractivity contribution in [2.45, 2.75) is 6.92 Å². The molecule has 0 aliphatic heterocycles. The topological polar surface area (TPSA) is 59.8 Å². The standard InChI is InChI=1S/C15H12BrClN4O/c1-8-11-6-10(7-18-14(11)21(2)20-8)19-15(22)12-5-9(17)3-4-13(12)16/h3-7H,1-2H3,(H,19,22). The number of benzene rings is 1. The third-order valence-electron chi connectivity index (χ3n) is 3.29. The molecular formula is C15H12BrClN4O. The normalized spacial score (nSPS) is 10.9. The fourth-order valence-corrected chi connectivity index (χ4v) is 2.84. The maximum absolute atomic E-state index is 12.4. The summed E-state index contributed by atoms with van der Waals surface area (Å²) in [6.07, 6.45) is 1.61. The van der Waals surface area contributed by atoms with Gasteiger partial charge in [0.15, 0.2) is 5.65 Å². The number of halogens is 2. The molecule has 5 nitrogen and oxygen atoms in total. The number of fused-ring (bicyclic) bond motifs is 1. The summed E-state index contributed by atoms with van der Waals surface area (Å²) in [7, 11) is 1.84. The number of hydrogen-bond donors (Lipinski definition) is 1. The number of pyridine rings is 1. The van der Waals surface area contributed by atoms with E-state index in [1.165, 1.54) is 0 Å². The first-order valence-corrected chi connectivity index (χ1v) is 7.68. The fourth-order valence-electron chi connectivity index (χ4n) is 2.25. The highest BCUT2D eigenvalue weighted by Gasteiger charge is 2.13. The van der Waals surface area contributed by atoms with Gasteiger partial charge in [-0.15, -0.1) is 0 Å². The molecule has 1 amide bonds. The van der Waals surface area contributed by atoms with Gasteiger partial charge in [-0.25, -0.2) is 4.98 Å². The molecule has 3 aromatic rings. The van der Waals surface area contributed by atoms with Crippen LogP contribution in [-0.2, 0) is 7.05 Å². The molecule has 0 fully saturated rings. The van der Waals surface area contributed by atoms with E-state index in [2.05, 4.69) is 31.3 Å². The molecule has 0 bridgehead atoms. The summed E-state index contributed by atoms with van der Waals surface area (Å²) in [5, 5.41) is 8.55. The van der Waals surface area contributed by atoms with Crippen LogP contribution in [0.5, 0.6) is 0 Å². The predicted molar refractivity (Wildman–Crippen MR) is 90.4 cm³/mol. The number of aromatic nitrogens is 3. The van der Waals surface area contributed by atoms with E-state index in [-0.39, 0.29) is 5.91 Å². The Labute approximate surface area is 140 Å². The zero-order valence-corrected chi connectivity index (χ0v) is 14.2. The Kier molecular flexibility index (Phi) is 3.88. The summed E-state index contributed by atoms with van der Waals surface area (Å²) in [6, 6.07) is 6.93. The quantitative estimate of drug-likeness (QED) is 0.733. The average molecular weight is 380 g/mol. The van der Waals surface area contributed by atoms with E-state index in [9.17, 15) is 4.79 Å². The van der Waals surface area contributed by atoms with Gasteiger partial charge in [-0.3, -0.25) is 9.48 Å². The Balaban J connectivity index is 1.94. The molecule has 0 radical (unpaired) electrons. The van der Waals surface area contributed by atoms with Crippen LogP contribution in [-0.4, -0.2) is 20.7 Å². The Morgan fingerprint density at radius 3 is 2.91 bits per heavy atom. The van der Waals surface area contributed by atoms with E-state index in [0.29, 0.717) is 20.7 Å². The van der Waals surface area contributed by atoms with Gasteiger partial charge in [0.05, 0.1) is 23.1 Å². The van der Waals surface area contributed by atoms with Crippen LogP contribution in [0.1, 0.15) is 16.1 Å². The summed E-state index contributed by atoms with van der Waals surface area (Å²) in [6.45, 7) is 1.91. The Morgan fingerprint density at radius 1 is 1.36 bits per heavy atom. The third-order valence-corrected chi connectivity index (χ3v) is 4.22. The molecule has 3 rings (SSSR count). The summed E-state index contributed by atoms with van der Waals surface area (Å²) in [5.74, 6) is -0.253. The van der Waals surface area contributed by atoms with Gasteiger partial charge >= 0.3 is 0 Å². The first-order valence-electron chi connectivity index (χ1n) is 6.51. The van der Waals surface area contributed by atoms with Crippen molar-refractivity contribution < 1.29 is 4.79 Å². The third kappa shape index (κ3) is 2.71. The summed E-state index contributed by atoms with van der Waals surface area (Å²) in [5.41, 5.74) is 2.72. The lowest BCUT2D eigenvalue weighted by Gasteiger charge is -2.07. The zero-order chi connectivity index (χ0) is 15.9. The monoisotopic (exact) mass is 378 g/mol. The Bertz CT molecular complexity index is 891. The highest BCUT2D eigenvalue weighted by Crippen LogP contribution is 2.24. The second-order valence-electron chi connectivity index (χ2n) is 4.88. The lowest BCUT2D eigenvalue weighted by Crippen LogP contribution is -2.12. The number of hydrogen-bond acceptors (Lipinski definition) is 3. The molecule has 1 N–H and O–H groups in total. The second kappa shape index (κ2) is 5.70. The van der Waals surface area contributed by atoms with Gasteiger partial charge in [-0.1, -0.05) is 11.6 Å². The van der Waals surface area contributed by atoms with Gasteiger partial charge in [0.1, 0.15) is 0 Å². The molecule has 1 aromatic carbocycles. The Hall–Kier alpha value is -1.92. The molecule has 0 unspecified atom stereocenters. The van der Waals surface area contributed by atoms with Crippen molar-refractivity contribution in [1.82, 2.24) is 14.8 Å². The SMILES string of the molecule is Cc1nn(C)c2ncc(NC(=O)c3cc(Cl)ccc3Br)cc12. The molecule has 0 aliphatic carbocycles. The highest BCUT2D eigenvalue weighted by molar-refractivity contribution is 9.10. The van der Waals surface area contributed by atoms with Crippen molar-refractivity contribution in [2.75, 3.05) is 5.32 Å². The van der Waals surface area contributed by atoms with Crippen LogP contribution in [0.4, 0.5) is 5.69 Å². The van der Waals surface area contributed by atoms with E-state index in [4.69, 9.17) is 11.6 Å². The van der Waals surface area contributed by atoms with E-state index in [1.54, 1.807) is 29.1 Å². The molecule has 0 saturated heterocycles. The molecule has 2 heterocycles. The van der Waals surface area contributed by atoms with Crippen LogP contribution >= 0.6 is 27.5 Å². The molecule has 0 aliphatic rings. The smallest absolute Gasteiger partial charge is 0.256 e. The van der Waals surface area contributed by atoms with Crippen molar-refractivity contribution in [3.63, 3.8) is 0 Å². The minimum absolute atomic E-state index is 0.253. The maximum atomic E-state index is 12.4. The van der Waals surface area contributed by atoms with Gasteiger partial charge in [0, 0.05) is 21.9 Å².